The number of ether oxygens (including phenoxy) is 2. The van der Waals surface area contributed by atoms with E-state index in [2.05, 4.69) is 6.92 Å². The number of likely N-dealkylation sites (tertiary alicyclic amines) is 1. The Morgan fingerprint density at radius 2 is 1.91 bits per heavy atom. The van der Waals surface area contributed by atoms with Gasteiger partial charge in [-0.15, -0.1) is 0 Å². The molecule has 1 heterocycles. The minimum absolute atomic E-state index is 0.0118. The number of unbranched alkanes of at least 4 members (excludes halogenated alkanes) is 1. The molecular weight excluding hydrogens is 436 g/mol. The number of phenolic OH excluding ortho intramolecular Hbond substituents is 1. The average molecular weight is 469 g/mol. The Hall–Kier alpha value is -3.52. The number of methoxy groups -OCH3 is 1. The van der Waals surface area contributed by atoms with Crippen LogP contribution < -0.4 is 9.47 Å². The maximum absolute atomic E-state index is 13.1. The molecule has 8 nitrogen and oxygen atoms in total. The van der Waals surface area contributed by atoms with Crippen LogP contribution in [0, 0.1) is 0 Å². The fourth-order valence-corrected chi connectivity index (χ4v) is 3.85. The highest BCUT2D eigenvalue weighted by Crippen LogP contribution is 2.41. The van der Waals surface area contributed by atoms with Gasteiger partial charge in [-0.3, -0.25) is 9.59 Å². The number of carbonyl (C=O) groups is 2. The number of benzene rings is 2. The number of nitrogens with zero attached hydrogens (tertiary/aromatic N) is 2. The maximum atomic E-state index is 13.1. The number of amides is 1. The molecule has 0 radical (unpaired) electrons. The summed E-state index contributed by atoms with van der Waals surface area (Å²) in [4.78, 5) is 29.5. The first-order valence-corrected chi connectivity index (χ1v) is 11.3. The topological polar surface area (TPSA) is 99.5 Å². The number of ketones is 1. The molecule has 0 spiro atoms. The quantitative estimate of drug-likeness (QED) is 0.238. The van der Waals surface area contributed by atoms with Gasteiger partial charge in [-0.25, -0.2) is 0 Å². The number of phenols is 1. The van der Waals surface area contributed by atoms with Crippen molar-refractivity contribution in [2.24, 2.45) is 0 Å². The molecule has 1 saturated heterocycles. The van der Waals surface area contributed by atoms with Crippen LogP contribution in [0.5, 0.6) is 17.2 Å². The van der Waals surface area contributed by atoms with Crippen molar-refractivity contribution < 1.29 is 29.3 Å². The Morgan fingerprint density at radius 3 is 2.59 bits per heavy atom. The number of aromatic hydroxyl groups is 1. The molecule has 1 amide bonds. The summed E-state index contributed by atoms with van der Waals surface area (Å²) >= 11 is 0. The third kappa shape index (κ3) is 5.34. The van der Waals surface area contributed by atoms with Crippen LogP contribution in [0.25, 0.3) is 5.76 Å². The van der Waals surface area contributed by atoms with Crippen LogP contribution >= 0.6 is 0 Å². The molecule has 0 saturated carbocycles. The van der Waals surface area contributed by atoms with Gasteiger partial charge in [0.1, 0.15) is 11.5 Å². The van der Waals surface area contributed by atoms with E-state index in [4.69, 9.17) is 9.47 Å². The summed E-state index contributed by atoms with van der Waals surface area (Å²) in [6.07, 6.45) is 1.89. The van der Waals surface area contributed by atoms with Gasteiger partial charge in [-0.2, -0.15) is 0 Å². The van der Waals surface area contributed by atoms with Crippen LogP contribution in [0.15, 0.2) is 48.0 Å². The van der Waals surface area contributed by atoms with E-state index in [1.807, 2.05) is 19.0 Å². The van der Waals surface area contributed by atoms with Crippen molar-refractivity contribution in [1.29, 1.82) is 0 Å². The molecule has 3 rings (SSSR count). The van der Waals surface area contributed by atoms with Gasteiger partial charge >= 0.3 is 0 Å². The van der Waals surface area contributed by atoms with Crippen molar-refractivity contribution in [3.05, 3.63) is 59.2 Å². The molecule has 1 aliphatic rings. The second-order valence-corrected chi connectivity index (χ2v) is 8.46. The SMILES string of the molecule is CCCCOc1cccc(/C(O)=C2\C(=O)C(=O)N(CCN(C)C)C2c2ccc(O)c(OC)c2)c1. The Kier molecular flexibility index (Phi) is 8.17. The zero-order valence-electron chi connectivity index (χ0n) is 20.1. The normalized spacial score (nSPS) is 17.4. The summed E-state index contributed by atoms with van der Waals surface area (Å²) < 4.78 is 11.0. The highest BCUT2D eigenvalue weighted by Gasteiger charge is 2.46. The second kappa shape index (κ2) is 11.1. The van der Waals surface area contributed by atoms with E-state index in [-0.39, 0.29) is 29.4 Å². The highest BCUT2D eigenvalue weighted by atomic mass is 16.5. The monoisotopic (exact) mass is 468 g/mol. The number of aliphatic hydroxyl groups is 1. The summed E-state index contributed by atoms with van der Waals surface area (Å²) in [5, 5.41) is 21.3. The number of aliphatic hydroxyl groups excluding tert-OH is 1. The third-order valence-corrected chi connectivity index (χ3v) is 5.72. The lowest BCUT2D eigenvalue weighted by molar-refractivity contribution is -0.140. The zero-order chi connectivity index (χ0) is 24.8. The fraction of sp³-hybridized carbons (Fsp3) is 0.385. The average Bonchev–Trinajstić information content (AvgIpc) is 3.07. The number of likely N-dealkylation sites (N-methyl/N-ethyl adjacent to an activating group) is 1. The van der Waals surface area contributed by atoms with Crippen LogP contribution in [0.2, 0.25) is 0 Å². The first kappa shape index (κ1) is 25.1. The minimum atomic E-state index is -0.834. The van der Waals surface area contributed by atoms with Crippen LogP contribution in [-0.2, 0) is 9.59 Å². The lowest BCUT2D eigenvalue weighted by atomic mass is 9.95. The van der Waals surface area contributed by atoms with E-state index in [0.717, 1.165) is 12.8 Å². The molecule has 0 aromatic heterocycles. The number of hydrogen-bond donors (Lipinski definition) is 2. The van der Waals surface area contributed by atoms with Gasteiger partial charge in [0.15, 0.2) is 11.5 Å². The van der Waals surface area contributed by atoms with E-state index >= 15 is 0 Å². The number of hydrogen-bond acceptors (Lipinski definition) is 7. The molecule has 182 valence electrons. The molecule has 34 heavy (non-hydrogen) atoms. The molecule has 2 N–H and O–H groups in total. The number of carbonyl (C=O) groups excluding carboxylic acids is 2. The number of Topliss-reactive ketones (excluding diaryl/α,β-unsaturated/α-hetero) is 1. The molecule has 8 heteroatoms. The smallest absolute Gasteiger partial charge is 0.295 e. The van der Waals surface area contributed by atoms with Crippen molar-refractivity contribution in [2.45, 2.75) is 25.8 Å². The standard InChI is InChI=1S/C26H32N2O6/c1-5-6-14-34-19-9-7-8-18(15-19)24(30)22-23(17-10-11-20(29)21(16-17)33-4)28(13-12-27(2)3)26(32)25(22)31/h7-11,15-16,23,29-30H,5-6,12-14H2,1-4H3/b24-22+. The molecule has 0 bridgehead atoms. The predicted octanol–water partition coefficient (Wildman–Crippen LogP) is 3.56. The van der Waals surface area contributed by atoms with Crippen molar-refractivity contribution >= 4 is 17.4 Å². The van der Waals surface area contributed by atoms with Gasteiger partial charge in [0, 0.05) is 18.7 Å². The first-order chi connectivity index (χ1) is 16.3. The van der Waals surface area contributed by atoms with Gasteiger partial charge in [0.2, 0.25) is 0 Å². The Morgan fingerprint density at radius 1 is 1.15 bits per heavy atom. The van der Waals surface area contributed by atoms with E-state index in [0.29, 0.717) is 30.0 Å². The summed E-state index contributed by atoms with van der Waals surface area (Å²) in [5.41, 5.74) is 0.919. The lowest BCUT2D eigenvalue weighted by Gasteiger charge is -2.27. The summed E-state index contributed by atoms with van der Waals surface area (Å²) in [5.74, 6) is -0.997. The molecular formula is C26H32N2O6. The molecule has 2 aromatic carbocycles. The zero-order valence-corrected chi connectivity index (χ0v) is 20.1. The predicted molar refractivity (Wildman–Crippen MR) is 129 cm³/mol. The highest BCUT2D eigenvalue weighted by molar-refractivity contribution is 6.46. The Bertz CT molecular complexity index is 1080. The molecule has 1 unspecified atom stereocenters. The van der Waals surface area contributed by atoms with E-state index in [9.17, 15) is 19.8 Å². The van der Waals surface area contributed by atoms with Crippen molar-refractivity contribution in [3.8, 4) is 17.2 Å². The fourth-order valence-electron chi connectivity index (χ4n) is 3.85. The third-order valence-electron chi connectivity index (χ3n) is 5.72. The number of rotatable bonds is 10. The van der Waals surface area contributed by atoms with Gasteiger partial charge < -0.3 is 29.5 Å². The minimum Gasteiger partial charge on any atom is -0.507 e. The summed E-state index contributed by atoms with van der Waals surface area (Å²) in [7, 11) is 5.17. The largest absolute Gasteiger partial charge is 0.507 e. The van der Waals surface area contributed by atoms with Crippen LogP contribution in [0.1, 0.15) is 36.9 Å². The van der Waals surface area contributed by atoms with E-state index in [1.54, 1.807) is 36.4 Å². The summed E-state index contributed by atoms with van der Waals surface area (Å²) in [6, 6.07) is 10.7. The Labute approximate surface area is 200 Å². The maximum Gasteiger partial charge on any atom is 0.295 e. The van der Waals surface area contributed by atoms with E-state index < -0.39 is 17.7 Å². The van der Waals surface area contributed by atoms with Crippen LogP contribution in [-0.4, -0.2) is 72.6 Å². The van der Waals surface area contributed by atoms with Crippen molar-refractivity contribution in [1.82, 2.24) is 9.80 Å². The first-order valence-electron chi connectivity index (χ1n) is 11.3. The molecule has 2 aromatic rings. The summed E-state index contributed by atoms with van der Waals surface area (Å²) in [6.45, 7) is 3.42. The molecule has 0 aliphatic carbocycles. The van der Waals surface area contributed by atoms with Gasteiger partial charge in [0.25, 0.3) is 11.7 Å². The molecule has 1 fully saturated rings. The Balaban J connectivity index is 2.10. The van der Waals surface area contributed by atoms with Crippen LogP contribution in [0.4, 0.5) is 0 Å². The van der Waals surface area contributed by atoms with Crippen molar-refractivity contribution in [2.75, 3.05) is 40.9 Å². The van der Waals surface area contributed by atoms with Crippen molar-refractivity contribution in [3.63, 3.8) is 0 Å². The van der Waals surface area contributed by atoms with E-state index in [1.165, 1.54) is 18.1 Å². The van der Waals surface area contributed by atoms with Gasteiger partial charge in [0.05, 0.1) is 25.3 Å². The van der Waals surface area contributed by atoms with Gasteiger partial charge in [-0.05, 0) is 50.3 Å². The second-order valence-electron chi connectivity index (χ2n) is 8.46. The molecule has 1 aliphatic heterocycles. The van der Waals surface area contributed by atoms with Gasteiger partial charge in [-0.1, -0.05) is 31.5 Å². The molecule has 1 atom stereocenters. The lowest BCUT2D eigenvalue weighted by Crippen LogP contribution is -2.35. The van der Waals surface area contributed by atoms with Crippen LogP contribution in [0.3, 0.4) is 0 Å².